The molecule has 30 heavy (non-hydrogen) atoms. The molecule has 3 rings (SSSR count). The van der Waals surface area contributed by atoms with Gasteiger partial charge in [0, 0.05) is 24.1 Å². The van der Waals surface area contributed by atoms with E-state index < -0.39 is 23.9 Å². The largest absolute Gasteiger partial charge is 0.342 e. The number of hydrogen-bond donors (Lipinski definition) is 3. The maximum atomic E-state index is 12.9. The quantitative estimate of drug-likeness (QED) is 0.271. The van der Waals surface area contributed by atoms with E-state index in [2.05, 4.69) is 10.7 Å². The molecule has 8 heteroatoms. The van der Waals surface area contributed by atoms with Gasteiger partial charge in [0.2, 0.25) is 5.91 Å². The maximum Gasteiger partial charge on any atom is 0.256 e. The van der Waals surface area contributed by atoms with Gasteiger partial charge in [0.05, 0.1) is 0 Å². The second-order valence-corrected chi connectivity index (χ2v) is 7.16. The zero-order chi connectivity index (χ0) is 21.5. The van der Waals surface area contributed by atoms with Gasteiger partial charge in [-0.3, -0.25) is 24.6 Å². The number of rotatable bonds is 7. The molecule has 3 amide bonds. The van der Waals surface area contributed by atoms with Crippen LogP contribution in [-0.4, -0.2) is 47.5 Å². The van der Waals surface area contributed by atoms with E-state index in [0.717, 1.165) is 5.56 Å². The van der Waals surface area contributed by atoms with Crippen LogP contribution in [0.3, 0.4) is 0 Å². The Labute approximate surface area is 174 Å². The predicted molar refractivity (Wildman–Crippen MR) is 110 cm³/mol. The van der Waals surface area contributed by atoms with Gasteiger partial charge in [0.1, 0.15) is 18.4 Å². The Balaban J connectivity index is 1.71. The summed E-state index contributed by atoms with van der Waals surface area (Å²) in [6, 6.07) is 14.0. The molecule has 1 fully saturated rings. The lowest BCUT2D eigenvalue weighted by Gasteiger charge is -2.26. The average Bonchev–Trinajstić information content (AvgIpc) is 3.28. The fourth-order valence-electron chi connectivity index (χ4n) is 3.58. The van der Waals surface area contributed by atoms with Gasteiger partial charge in [0.15, 0.2) is 0 Å². The molecule has 156 valence electrons. The summed E-state index contributed by atoms with van der Waals surface area (Å²) in [6.45, 7) is 0.443. The third-order valence-corrected chi connectivity index (χ3v) is 5.17. The van der Waals surface area contributed by atoms with Crippen LogP contribution in [-0.2, 0) is 16.0 Å². The highest BCUT2D eigenvalue weighted by Crippen LogP contribution is 2.21. The van der Waals surface area contributed by atoms with Crippen molar-refractivity contribution in [3.8, 4) is 0 Å². The van der Waals surface area contributed by atoms with Crippen molar-refractivity contribution in [3.05, 3.63) is 71.3 Å². The highest BCUT2D eigenvalue weighted by Gasteiger charge is 2.36. The number of aldehydes is 1. The number of amides is 3. The summed E-state index contributed by atoms with van der Waals surface area (Å²) in [7, 11) is 0. The van der Waals surface area contributed by atoms with Crippen molar-refractivity contribution in [2.24, 2.45) is 5.84 Å². The van der Waals surface area contributed by atoms with Crippen molar-refractivity contribution >= 4 is 24.0 Å². The number of nitrogens with two attached hydrogens (primary N) is 1. The lowest BCUT2D eigenvalue weighted by atomic mass is 10.0. The maximum absolute atomic E-state index is 12.9. The molecule has 1 heterocycles. The molecule has 8 nitrogen and oxygen atoms in total. The first kappa shape index (κ1) is 21.2. The molecule has 2 atom stereocenters. The first-order valence-corrected chi connectivity index (χ1v) is 9.74. The molecule has 2 aromatic rings. The van der Waals surface area contributed by atoms with Gasteiger partial charge in [-0.2, -0.15) is 0 Å². The van der Waals surface area contributed by atoms with Crippen LogP contribution in [0.25, 0.3) is 0 Å². The van der Waals surface area contributed by atoms with Crippen LogP contribution >= 0.6 is 0 Å². The minimum absolute atomic E-state index is 0.281. The van der Waals surface area contributed by atoms with Crippen molar-refractivity contribution in [2.75, 3.05) is 6.54 Å². The second kappa shape index (κ2) is 9.80. The van der Waals surface area contributed by atoms with Crippen molar-refractivity contribution in [1.82, 2.24) is 15.6 Å². The van der Waals surface area contributed by atoms with Crippen molar-refractivity contribution < 1.29 is 19.2 Å². The van der Waals surface area contributed by atoms with E-state index in [4.69, 9.17) is 5.84 Å². The fourth-order valence-corrected chi connectivity index (χ4v) is 3.58. The van der Waals surface area contributed by atoms with Gasteiger partial charge in [-0.1, -0.05) is 42.5 Å². The monoisotopic (exact) mass is 408 g/mol. The van der Waals surface area contributed by atoms with Gasteiger partial charge in [-0.05, 0) is 30.5 Å². The molecule has 0 spiro atoms. The van der Waals surface area contributed by atoms with Crippen molar-refractivity contribution in [3.63, 3.8) is 0 Å². The van der Waals surface area contributed by atoms with Crippen molar-refractivity contribution in [1.29, 1.82) is 0 Å². The summed E-state index contributed by atoms with van der Waals surface area (Å²) in [5, 5.41) is 2.74. The summed E-state index contributed by atoms with van der Waals surface area (Å²) in [5.74, 6) is 4.11. The van der Waals surface area contributed by atoms with E-state index in [-0.39, 0.29) is 12.3 Å². The first-order chi connectivity index (χ1) is 14.5. The number of carbonyl (C=O) groups is 4. The minimum atomic E-state index is -0.852. The Bertz CT molecular complexity index is 914. The molecule has 0 unspecified atom stereocenters. The molecule has 4 N–H and O–H groups in total. The van der Waals surface area contributed by atoms with E-state index in [0.29, 0.717) is 36.8 Å². The molecular weight excluding hydrogens is 384 g/mol. The van der Waals surface area contributed by atoms with Gasteiger partial charge in [0.25, 0.3) is 11.8 Å². The molecule has 0 bridgehead atoms. The Morgan fingerprint density at radius 2 is 1.80 bits per heavy atom. The molecule has 0 aliphatic carbocycles. The molecule has 1 saturated heterocycles. The van der Waals surface area contributed by atoms with E-state index >= 15 is 0 Å². The molecule has 2 aromatic carbocycles. The second-order valence-electron chi connectivity index (χ2n) is 7.16. The smallest absolute Gasteiger partial charge is 0.256 e. The van der Waals surface area contributed by atoms with E-state index in [1.165, 1.54) is 4.90 Å². The number of likely N-dealkylation sites (tertiary alicyclic amines) is 1. The molecule has 0 radical (unpaired) electrons. The SMILES string of the molecule is NNC(=O)[C@H](Cc1ccccc1)NC(=O)[C@@H]1CCCN1C(=O)c1ccc(C=O)cc1. The van der Waals surface area contributed by atoms with Crippen LogP contribution in [0.15, 0.2) is 54.6 Å². The summed E-state index contributed by atoms with van der Waals surface area (Å²) in [5.41, 5.74) is 3.84. The topological polar surface area (TPSA) is 122 Å². The van der Waals surface area contributed by atoms with Crippen LogP contribution in [0.2, 0.25) is 0 Å². The normalized spacial score (nSPS) is 16.6. The number of nitrogens with one attached hydrogen (secondary N) is 2. The van der Waals surface area contributed by atoms with Gasteiger partial charge in [-0.25, -0.2) is 5.84 Å². The van der Waals surface area contributed by atoms with Gasteiger partial charge < -0.3 is 10.2 Å². The third-order valence-electron chi connectivity index (χ3n) is 5.17. The van der Waals surface area contributed by atoms with Crippen LogP contribution in [0.1, 0.15) is 39.1 Å². The lowest BCUT2D eigenvalue weighted by Crippen LogP contribution is -2.54. The Morgan fingerprint density at radius 3 is 2.43 bits per heavy atom. The Kier molecular flexibility index (Phi) is 6.92. The molecular formula is C22H24N4O4. The Morgan fingerprint density at radius 1 is 1.10 bits per heavy atom. The lowest BCUT2D eigenvalue weighted by molar-refractivity contribution is -0.131. The fraction of sp³-hybridized carbons (Fsp3) is 0.273. The number of carbonyl (C=O) groups excluding carboxylic acids is 4. The average molecular weight is 408 g/mol. The summed E-state index contributed by atoms with van der Waals surface area (Å²) >= 11 is 0. The summed E-state index contributed by atoms with van der Waals surface area (Å²) in [4.78, 5) is 50.3. The summed E-state index contributed by atoms with van der Waals surface area (Å²) in [6.07, 6.45) is 2.17. The summed E-state index contributed by atoms with van der Waals surface area (Å²) < 4.78 is 0. The van der Waals surface area contributed by atoms with Gasteiger partial charge >= 0.3 is 0 Å². The highest BCUT2D eigenvalue weighted by atomic mass is 16.2. The van der Waals surface area contributed by atoms with E-state index in [1.54, 1.807) is 24.3 Å². The van der Waals surface area contributed by atoms with E-state index in [1.807, 2.05) is 30.3 Å². The number of benzene rings is 2. The standard InChI is InChI=1S/C22H24N4O4/c23-25-20(28)18(13-15-5-2-1-3-6-15)24-21(29)19-7-4-12-26(19)22(30)17-10-8-16(14-27)9-11-17/h1-3,5-6,8-11,14,18-19H,4,7,12-13,23H2,(H,24,29)(H,25,28)/t18-,19-/m0/s1. The zero-order valence-electron chi connectivity index (χ0n) is 16.4. The predicted octanol–water partition coefficient (Wildman–Crippen LogP) is 0.821. The third kappa shape index (κ3) is 4.90. The molecule has 0 saturated carbocycles. The van der Waals surface area contributed by atoms with E-state index in [9.17, 15) is 19.2 Å². The van der Waals surface area contributed by atoms with Crippen LogP contribution in [0.4, 0.5) is 0 Å². The number of hydrazine groups is 1. The molecule has 1 aliphatic heterocycles. The zero-order valence-corrected chi connectivity index (χ0v) is 16.4. The molecule has 0 aromatic heterocycles. The van der Waals surface area contributed by atoms with Crippen molar-refractivity contribution in [2.45, 2.75) is 31.3 Å². The number of hydrogen-bond acceptors (Lipinski definition) is 5. The van der Waals surface area contributed by atoms with Crippen LogP contribution in [0.5, 0.6) is 0 Å². The highest BCUT2D eigenvalue weighted by molar-refractivity contribution is 5.99. The Hall–Kier alpha value is -3.52. The first-order valence-electron chi connectivity index (χ1n) is 9.74. The van der Waals surface area contributed by atoms with Crippen LogP contribution < -0.4 is 16.6 Å². The van der Waals surface area contributed by atoms with Crippen LogP contribution in [0, 0.1) is 0 Å². The minimum Gasteiger partial charge on any atom is -0.342 e. The number of nitrogens with zero attached hydrogens (tertiary/aromatic N) is 1. The van der Waals surface area contributed by atoms with Gasteiger partial charge in [-0.15, -0.1) is 0 Å². The molecule has 1 aliphatic rings.